The molecule has 0 saturated heterocycles. The summed E-state index contributed by atoms with van der Waals surface area (Å²) in [5.74, 6) is 0. The number of aliphatic hydroxyl groups excluding tert-OH is 2. The van der Waals surface area contributed by atoms with Crippen LogP contribution in [0.1, 0.15) is 193 Å². The van der Waals surface area contributed by atoms with Crippen molar-refractivity contribution in [3.63, 3.8) is 0 Å². The van der Waals surface area contributed by atoms with E-state index < -0.39 is 0 Å². The second-order valence-electron chi connectivity index (χ2n) is 11.1. The van der Waals surface area contributed by atoms with Crippen LogP contribution in [0.4, 0.5) is 0 Å². The van der Waals surface area contributed by atoms with Gasteiger partial charge >= 0.3 is 0 Å². The molecule has 0 aliphatic carbocycles. The fraction of sp³-hybridized carbons (Fsp3) is 1.00. The molecule has 2 N–H and O–H groups in total. The second kappa shape index (κ2) is 31.0. The van der Waals surface area contributed by atoms with Gasteiger partial charge in [-0.05, 0) is 19.3 Å². The molecule has 0 aromatic carbocycles. The number of aliphatic hydroxyl groups is 2. The van der Waals surface area contributed by atoms with Crippen LogP contribution in [-0.2, 0) is 0 Å². The molecule has 0 rings (SSSR count). The van der Waals surface area contributed by atoms with E-state index in [4.69, 9.17) is 5.11 Å². The van der Waals surface area contributed by atoms with Crippen LogP contribution in [0.5, 0.6) is 0 Å². The highest BCUT2D eigenvalue weighted by Crippen LogP contribution is 2.16. The molecule has 1 atom stereocenters. The van der Waals surface area contributed by atoms with E-state index in [1.807, 2.05) is 0 Å². The molecule has 0 aliphatic heterocycles. The summed E-state index contributed by atoms with van der Waals surface area (Å²) in [5, 5.41) is 19.0. The maximum atomic E-state index is 10.2. The third-order valence-electron chi connectivity index (χ3n) is 7.59. The van der Waals surface area contributed by atoms with Crippen molar-refractivity contribution >= 4 is 0 Å². The molecule has 1 unspecified atom stereocenters. The summed E-state index contributed by atoms with van der Waals surface area (Å²) >= 11 is 0. The van der Waals surface area contributed by atoms with Gasteiger partial charge in [-0.3, -0.25) is 0 Å². The Bertz CT molecular complexity index is 344. The van der Waals surface area contributed by atoms with Crippen molar-refractivity contribution in [2.75, 3.05) is 6.61 Å². The van der Waals surface area contributed by atoms with Crippen LogP contribution in [-0.4, -0.2) is 22.9 Å². The predicted molar refractivity (Wildman–Crippen MR) is 153 cm³/mol. The predicted octanol–water partition coefficient (Wildman–Crippen LogP) is 10.7. The van der Waals surface area contributed by atoms with Gasteiger partial charge in [0.1, 0.15) is 0 Å². The minimum Gasteiger partial charge on any atom is -0.396 e. The molecule has 0 heterocycles. The molecule has 2 nitrogen and oxygen atoms in total. The van der Waals surface area contributed by atoms with Gasteiger partial charge in [-0.15, -0.1) is 0 Å². The van der Waals surface area contributed by atoms with E-state index in [1.54, 1.807) is 0 Å². The molecule has 0 radical (unpaired) electrons. The lowest BCUT2D eigenvalue weighted by Crippen LogP contribution is -2.05. The average Bonchev–Trinajstić information content (AvgIpc) is 2.84. The number of rotatable bonds is 30. The van der Waals surface area contributed by atoms with Gasteiger partial charge in [0.2, 0.25) is 0 Å². The fourth-order valence-electron chi connectivity index (χ4n) is 5.16. The van der Waals surface area contributed by atoms with E-state index in [0.29, 0.717) is 6.61 Å². The largest absolute Gasteiger partial charge is 0.396 e. The number of unbranched alkanes of at least 4 members (excludes halogenated alkanes) is 25. The summed E-state index contributed by atoms with van der Waals surface area (Å²) in [6, 6.07) is 0. The van der Waals surface area contributed by atoms with Gasteiger partial charge in [0.25, 0.3) is 0 Å². The van der Waals surface area contributed by atoms with Crippen molar-refractivity contribution in [3.8, 4) is 0 Å². The molecule has 0 aliphatic rings. The molecule has 0 bridgehead atoms. The monoisotopic (exact) mass is 483 g/mol. The molecule has 0 spiro atoms. The van der Waals surface area contributed by atoms with Crippen LogP contribution in [0.15, 0.2) is 0 Å². The van der Waals surface area contributed by atoms with E-state index in [2.05, 4.69) is 6.92 Å². The summed E-state index contributed by atoms with van der Waals surface area (Å²) in [4.78, 5) is 0. The SMILES string of the molecule is CCCCCCCCCCCCCCCCCC(O)CCCCCCCCCCCCCCO. The Balaban J connectivity index is 3.13. The van der Waals surface area contributed by atoms with Crippen LogP contribution in [0.25, 0.3) is 0 Å². The van der Waals surface area contributed by atoms with E-state index in [1.165, 1.54) is 167 Å². The lowest BCUT2D eigenvalue weighted by molar-refractivity contribution is 0.147. The Kier molecular flexibility index (Phi) is 30.9. The van der Waals surface area contributed by atoms with Gasteiger partial charge in [0.15, 0.2) is 0 Å². The Morgan fingerprint density at radius 3 is 0.853 bits per heavy atom. The molecular weight excluding hydrogens is 416 g/mol. The highest BCUT2D eigenvalue weighted by molar-refractivity contribution is 4.58. The first-order chi connectivity index (χ1) is 16.8. The van der Waals surface area contributed by atoms with Crippen LogP contribution in [0, 0.1) is 0 Å². The Labute approximate surface area is 216 Å². The second-order valence-corrected chi connectivity index (χ2v) is 11.1. The van der Waals surface area contributed by atoms with Crippen LogP contribution in [0.3, 0.4) is 0 Å². The Morgan fingerprint density at radius 2 is 0.588 bits per heavy atom. The summed E-state index contributed by atoms with van der Waals surface area (Å²) in [7, 11) is 0. The van der Waals surface area contributed by atoms with Crippen molar-refractivity contribution in [3.05, 3.63) is 0 Å². The molecule has 0 saturated carbocycles. The zero-order chi connectivity index (χ0) is 24.8. The summed E-state index contributed by atoms with van der Waals surface area (Å²) < 4.78 is 0. The molecular formula is C32H66O2. The highest BCUT2D eigenvalue weighted by atomic mass is 16.3. The van der Waals surface area contributed by atoms with Crippen molar-refractivity contribution in [2.24, 2.45) is 0 Å². The highest BCUT2D eigenvalue weighted by Gasteiger charge is 2.04. The van der Waals surface area contributed by atoms with E-state index >= 15 is 0 Å². The van der Waals surface area contributed by atoms with Crippen molar-refractivity contribution in [1.29, 1.82) is 0 Å². The third-order valence-corrected chi connectivity index (χ3v) is 7.59. The van der Waals surface area contributed by atoms with Gasteiger partial charge in [-0.25, -0.2) is 0 Å². The lowest BCUT2D eigenvalue weighted by atomic mass is 10.0. The maximum Gasteiger partial charge on any atom is 0.0540 e. The molecule has 0 aromatic heterocycles. The summed E-state index contributed by atoms with van der Waals surface area (Å²) in [6.45, 7) is 2.65. The first-order valence-electron chi connectivity index (χ1n) is 16.1. The molecule has 206 valence electrons. The normalized spacial score (nSPS) is 12.4. The zero-order valence-electron chi connectivity index (χ0n) is 23.7. The summed E-state index contributed by atoms with van der Waals surface area (Å²) in [5.41, 5.74) is 0. The molecule has 0 aromatic rings. The van der Waals surface area contributed by atoms with Crippen molar-refractivity contribution in [1.82, 2.24) is 0 Å². The number of hydrogen-bond donors (Lipinski definition) is 2. The van der Waals surface area contributed by atoms with Crippen molar-refractivity contribution in [2.45, 2.75) is 199 Å². The zero-order valence-corrected chi connectivity index (χ0v) is 23.7. The van der Waals surface area contributed by atoms with Crippen LogP contribution < -0.4 is 0 Å². The topological polar surface area (TPSA) is 40.5 Å². The first-order valence-corrected chi connectivity index (χ1v) is 16.1. The minimum absolute atomic E-state index is 0.0483. The fourth-order valence-corrected chi connectivity index (χ4v) is 5.16. The van der Waals surface area contributed by atoms with Crippen LogP contribution >= 0.6 is 0 Å². The van der Waals surface area contributed by atoms with Gasteiger partial charge in [-0.2, -0.15) is 0 Å². The molecule has 0 amide bonds. The van der Waals surface area contributed by atoms with Gasteiger partial charge < -0.3 is 10.2 Å². The maximum absolute atomic E-state index is 10.2. The Hall–Kier alpha value is -0.0800. The molecule has 2 heteroatoms. The first kappa shape index (κ1) is 33.9. The van der Waals surface area contributed by atoms with Gasteiger partial charge in [0.05, 0.1) is 6.10 Å². The Morgan fingerprint density at radius 1 is 0.353 bits per heavy atom. The lowest BCUT2D eigenvalue weighted by Gasteiger charge is -2.10. The van der Waals surface area contributed by atoms with Crippen molar-refractivity contribution < 1.29 is 10.2 Å². The van der Waals surface area contributed by atoms with E-state index in [-0.39, 0.29) is 6.10 Å². The van der Waals surface area contributed by atoms with Gasteiger partial charge in [-0.1, -0.05) is 174 Å². The van der Waals surface area contributed by atoms with E-state index in [0.717, 1.165) is 19.3 Å². The van der Waals surface area contributed by atoms with E-state index in [9.17, 15) is 5.11 Å². The minimum atomic E-state index is -0.0483. The standard InChI is InChI=1S/C32H66O2/c1-2-3-4-5-6-7-8-9-10-11-14-17-20-23-26-29-32(34)30-27-24-21-18-15-12-13-16-19-22-25-28-31-33/h32-34H,2-31H2,1H3. The number of hydrogen-bond acceptors (Lipinski definition) is 2. The van der Waals surface area contributed by atoms with Gasteiger partial charge in [0, 0.05) is 6.61 Å². The van der Waals surface area contributed by atoms with Crippen LogP contribution in [0.2, 0.25) is 0 Å². The molecule has 34 heavy (non-hydrogen) atoms. The molecule has 0 fully saturated rings. The average molecular weight is 483 g/mol. The quantitative estimate of drug-likeness (QED) is 0.0999. The smallest absolute Gasteiger partial charge is 0.0540 e. The third kappa shape index (κ3) is 30.0. The summed E-state index contributed by atoms with van der Waals surface area (Å²) in [6.07, 6.45) is 38.7.